The number of H-pyrrole nitrogens is 1. The van der Waals surface area contributed by atoms with Crippen LogP contribution in [0.2, 0.25) is 5.02 Å². The zero-order chi connectivity index (χ0) is 14.0. The monoisotopic (exact) mass is 307 g/mol. The van der Waals surface area contributed by atoms with Gasteiger partial charge in [-0.2, -0.15) is 0 Å². The minimum atomic E-state index is 0.764. The molecule has 3 heteroatoms. The van der Waals surface area contributed by atoms with E-state index in [4.69, 9.17) is 11.6 Å². The lowest BCUT2D eigenvalue weighted by molar-refractivity contribution is 1.55. The van der Waals surface area contributed by atoms with E-state index < -0.39 is 0 Å². The van der Waals surface area contributed by atoms with E-state index in [9.17, 15) is 0 Å². The number of aromatic nitrogens is 1. The minimum absolute atomic E-state index is 0.764. The zero-order valence-electron chi connectivity index (χ0n) is 11.0. The van der Waals surface area contributed by atoms with Crippen molar-refractivity contribution < 1.29 is 0 Å². The van der Waals surface area contributed by atoms with Crippen LogP contribution in [0.25, 0.3) is 42.0 Å². The molecule has 0 saturated carbocycles. The molecule has 0 saturated heterocycles. The van der Waals surface area contributed by atoms with Gasteiger partial charge in [-0.15, -0.1) is 11.3 Å². The molecular weight excluding hydrogens is 298 g/mol. The predicted octanol–water partition coefficient (Wildman–Crippen LogP) is 6.34. The standard InChI is InChI=1S/C18H10ClNS/c19-10-5-6-11-14(9-10)20-13-7-8-16-18(17(11)13)12-3-1-2-4-15(12)21-16/h1-9,20H. The van der Waals surface area contributed by atoms with E-state index in [0.29, 0.717) is 0 Å². The Morgan fingerprint density at radius 2 is 1.67 bits per heavy atom. The van der Waals surface area contributed by atoms with Crippen LogP contribution in [0, 0.1) is 0 Å². The molecule has 1 N–H and O–H groups in total. The molecule has 21 heavy (non-hydrogen) atoms. The van der Waals surface area contributed by atoms with E-state index in [2.05, 4.69) is 47.4 Å². The van der Waals surface area contributed by atoms with Gasteiger partial charge in [-0.1, -0.05) is 35.9 Å². The number of hydrogen-bond acceptors (Lipinski definition) is 1. The molecule has 0 atom stereocenters. The number of rotatable bonds is 0. The van der Waals surface area contributed by atoms with Crippen molar-refractivity contribution >= 4 is 64.9 Å². The van der Waals surface area contributed by atoms with Crippen molar-refractivity contribution in [1.29, 1.82) is 0 Å². The fourth-order valence-corrected chi connectivity index (χ4v) is 4.47. The molecule has 0 amide bonds. The highest BCUT2D eigenvalue weighted by atomic mass is 35.5. The highest BCUT2D eigenvalue weighted by Crippen LogP contribution is 2.41. The first kappa shape index (κ1) is 11.6. The van der Waals surface area contributed by atoms with Crippen LogP contribution in [-0.4, -0.2) is 4.98 Å². The Hall–Kier alpha value is -2.03. The van der Waals surface area contributed by atoms with Gasteiger partial charge in [0.05, 0.1) is 0 Å². The number of aromatic amines is 1. The quantitative estimate of drug-likeness (QED) is 0.343. The van der Waals surface area contributed by atoms with Gasteiger partial charge in [0.1, 0.15) is 0 Å². The summed E-state index contributed by atoms with van der Waals surface area (Å²) in [5, 5.41) is 5.99. The molecule has 0 radical (unpaired) electrons. The molecule has 100 valence electrons. The first-order valence-corrected chi connectivity index (χ1v) is 8.02. The Labute approximate surface area is 129 Å². The van der Waals surface area contributed by atoms with Crippen LogP contribution < -0.4 is 0 Å². The highest BCUT2D eigenvalue weighted by Gasteiger charge is 2.12. The van der Waals surface area contributed by atoms with Gasteiger partial charge in [-0.3, -0.25) is 0 Å². The van der Waals surface area contributed by atoms with Crippen molar-refractivity contribution in [3.63, 3.8) is 0 Å². The van der Waals surface area contributed by atoms with Gasteiger partial charge in [0, 0.05) is 47.0 Å². The fourth-order valence-electron chi connectivity index (χ4n) is 3.18. The number of benzene rings is 3. The number of halogens is 1. The summed E-state index contributed by atoms with van der Waals surface area (Å²) in [6, 6.07) is 19.1. The third-order valence-electron chi connectivity index (χ3n) is 4.06. The first-order valence-electron chi connectivity index (χ1n) is 6.82. The van der Waals surface area contributed by atoms with E-state index in [1.165, 1.54) is 36.5 Å². The van der Waals surface area contributed by atoms with E-state index in [1.807, 2.05) is 23.5 Å². The second-order valence-corrected chi connectivity index (χ2v) is 6.79. The summed E-state index contributed by atoms with van der Waals surface area (Å²) >= 11 is 7.97. The third-order valence-corrected chi connectivity index (χ3v) is 5.43. The van der Waals surface area contributed by atoms with Gasteiger partial charge in [-0.25, -0.2) is 0 Å². The van der Waals surface area contributed by atoms with Gasteiger partial charge in [0.15, 0.2) is 0 Å². The van der Waals surface area contributed by atoms with Gasteiger partial charge in [0.25, 0.3) is 0 Å². The van der Waals surface area contributed by atoms with Crippen molar-refractivity contribution in [2.24, 2.45) is 0 Å². The lowest BCUT2D eigenvalue weighted by atomic mass is 10.1. The maximum atomic E-state index is 6.12. The molecule has 0 aliphatic heterocycles. The average Bonchev–Trinajstić information content (AvgIpc) is 3.03. The maximum Gasteiger partial charge on any atom is 0.0480 e. The predicted molar refractivity (Wildman–Crippen MR) is 93.7 cm³/mol. The van der Waals surface area contributed by atoms with E-state index >= 15 is 0 Å². The Balaban J connectivity index is 2.14. The summed E-state index contributed by atoms with van der Waals surface area (Å²) in [7, 11) is 0. The molecule has 5 aromatic rings. The molecule has 0 unspecified atom stereocenters. The Morgan fingerprint density at radius 1 is 0.762 bits per heavy atom. The van der Waals surface area contributed by atoms with Crippen molar-refractivity contribution in [1.82, 2.24) is 4.98 Å². The van der Waals surface area contributed by atoms with Crippen molar-refractivity contribution in [3.05, 3.63) is 59.6 Å². The molecule has 2 aromatic heterocycles. The lowest BCUT2D eigenvalue weighted by Crippen LogP contribution is -1.70. The number of thiophene rings is 1. The Kier molecular flexibility index (Phi) is 2.21. The molecule has 1 nitrogen and oxygen atoms in total. The van der Waals surface area contributed by atoms with Crippen LogP contribution in [-0.2, 0) is 0 Å². The SMILES string of the molecule is Clc1ccc2c(c1)[nH]c1ccc3sc4ccccc4c3c12. The van der Waals surface area contributed by atoms with Crippen LogP contribution in [0.15, 0.2) is 54.6 Å². The minimum Gasteiger partial charge on any atom is -0.354 e. The van der Waals surface area contributed by atoms with Gasteiger partial charge < -0.3 is 4.98 Å². The molecule has 0 bridgehead atoms. The molecule has 2 heterocycles. The first-order chi connectivity index (χ1) is 10.3. The summed E-state index contributed by atoms with van der Waals surface area (Å²) in [6.45, 7) is 0. The summed E-state index contributed by atoms with van der Waals surface area (Å²) in [5.41, 5.74) is 2.27. The molecule has 0 fully saturated rings. The molecule has 0 aliphatic rings. The van der Waals surface area contributed by atoms with Gasteiger partial charge >= 0.3 is 0 Å². The summed E-state index contributed by atoms with van der Waals surface area (Å²) < 4.78 is 2.67. The van der Waals surface area contributed by atoms with E-state index in [-0.39, 0.29) is 0 Å². The van der Waals surface area contributed by atoms with Crippen LogP contribution in [0.4, 0.5) is 0 Å². The van der Waals surface area contributed by atoms with Gasteiger partial charge in [0.2, 0.25) is 0 Å². The largest absolute Gasteiger partial charge is 0.354 e. The van der Waals surface area contributed by atoms with Crippen LogP contribution in [0.1, 0.15) is 0 Å². The molecule has 0 aliphatic carbocycles. The third kappa shape index (κ3) is 1.52. The Bertz CT molecular complexity index is 1150. The Morgan fingerprint density at radius 3 is 2.62 bits per heavy atom. The number of hydrogen-bond donors (Lipinski definition) is 1. The lowest BCUT2D eigenvalue weighted by Gasteiger charge is -1.96. The number of nitrogens with one attached hydrogen (secondary N) is 1. The maximum absolute atomic E-state index is 6.12. The zero-order valence-corrected chi connectivity index (χ0v) is 12.6. The van der Waals surface area contributed by atoms with Crippen LogP contribution in [0.5, 0.6) is 0 Å². The van der Waals surface area contributed by atoms with Crippen LogP contribution >= 0.6 is 22.9 Å². The smallest absolute Gasteiger partial charge is 0.0480 e. The average molecular weight is 308 g/mol. The second-order valence-electron chi connectivity index (χ2n) is 5.27. The van der Waals surface area contributed by atoms with E-state index in [1.54, 1.807) is 0 Å². The van der Waals surface area contributed by atoms with Crippen molar-refractivity contribution in [2.75, 3.05) is 0 Å². The molecule has 3 aromatic carbocycles. The van der Waals surface area contributed by atoms with E-state index in [0.717, 1.165) is 10.5 Å². The highest BCUT2D eigenvalue weighted by molar-refractivity contribution is 7.26. The van der Waals surface area contributed by atoms with Crippen LogP contribution in [0.3, 0.4) is 0 Å². The molecular formula is C18H10ClNS. The summed E-state index contributed by atoms with van der Waals surface area (Å²) in [4.78, 5) is 3.49. The number of fused-ring (bicyclic) bond motifs is 7. The summed E-state index contributed by atoms with van der Waals surface area (Å²) in [5.74, 6) is 0. The van der Waals surface area contributed by atoms with Gasteiger partial charge in [-0.05, 0) is 30.3 Å². The molecule has 5 rings (SSSR count). The topological polar surface area (TPSA) is 15.8 Å². The van der Waals surface area contributed by atoms with Crippen molar-refractivity contribution in [3.8, 4) is 0 Å². The fraction of sp³-hybridized carbons (Fsp3) is 0. The second kappa shape index (κ2) is 4.00. The summed E-state index contributed by atoms with van der Waals surface area (Å²) in [6.07, 6.45) is 0. The van der Waals surface area contributed by atoms with Crippen molar-refractivity contribution in [2.45, 2.75) is 0 Å². The normalized spacial score (nSPS) is 12.0. The molecule has 0 spiro atoms.